The van der Waals surface area contributed by atoms with Crippen LogP contribution in [0, 0.1) is 29.1 Å². The summed E-state index contributed by atoms with van der Waals surface area (Å²) < 4.78 is 30.6. The number of aliphatic hydroxyl groups is 1. The van der Waals surface area contributed by atoms with Crippen LogP contribution in [-0.4, -0.2) is 69.2 Å². The third kappa shape index (κ3) is 11.4. The average Bonchev–Trinajstić information content (AvgIpc) is 2.91. The molecular weight excluding hydrogens is 529 g/mol. The highest BCUT2D eigenvalue weighted by Gasteiger charge is 2.39. The molecule has 9 nitrogen and oxygen atoms in total. The first-order chi connectivity index (χ1) is 19.2. The van der Waals surface area contributed by atoms with Crippen LogP contribution in [0.15, 0.2) is 18.2 Å². The molecular formula is C31H54FN3O6. The highest BCUT2D eigenvalue weighted by Crippen LogP contribution is 2.32. The van der Waals surface area contributed by atoms with Gasteiger partial charge in [-0.15, -0.1) is 0 Å². The summed E-state index contributed by atoms with van der Waals surface area (Å²) in [6.07, 6.45) is -0.255. The molecule has 0 heterocycles. The fourth-order valence-electron chi connectivity index (χ4n) is 4.69. The summed E-state index contributed by atoms with van der Waals surface area (Å²) in [5, 5.41) is 13.7. The molecule has 6 atom stereocenters. The van der Waals surface area contributed by atoms with E-state index in [-0.39, 0.29) is 30.7 Å². The second-order valence-corrected chi connectivity index (χ2v) is 12.1. The molecule has 41 heavy (non-hydrogen) atoms. The van der Waals surface area contributed by atoms with Crippen LogP contribution in [-0.2, 0) is 20.7 Å². The number of aliphatic hydroxyl groups excluding tert-OH is 1. The highest BCUT2D eigenvalue weighted by molar-refractivity contribution is 5.83. The van der Waals surface area contributed by atoms with Crippen molar-refractivity contribution in [2.24, 2.45) is 40.6 Å². The van der Waals surface area contributed by atoms with Crippen molar-refractivity contribution < 1.29 is 33.3 Å². The Morgan fingerprint density at radius 3 is 2.22 bits per heavy atom. The largest absolute Gasteiger partial charge is 0.493 e. The van der Waals surface area contributed by atoms with Gasteiger partial charge in [0.05, 0.1) is 25.2 Å². The number of carbonyl (C=O) groups excluding carboxylic acids is 2. The molecule has 0 aliphatic carbocycles. The summed E-state index contributed by atoms with van der Waals surface area (Å²) >= 11 is 0. The van der Waals surface area contributed by atoms with E-state index in [0.29, 0.717) is 37.1 Å². The Labute approximate surface area is 245 Å². The number of methoxy groups -OCH3 is 2. The lowest BCUT2D eigenvalue weighted by Crippen LogP contribution is -2.51. The molecule has 1 rings (SSSR count). The standard InChI is InChI=1S/C31H54FN3O6/c1-19(2)23(14-22-10-11-27(40-8)28(15-22)41-13-9-12-39-7)16-25(33)26(36)17-24(20(3)4)29(37)35-18-31(6,21(5)32)30(34)38/h10-11,15,19-21,23-26,36H,9,12-14,16-18,33H2,1-8H3,(H2,34,38)(H,35,37)/t21?,23-,24-,25-,26-,31?/m0/s1. The molecule has 236 valence electrons. The summed E-state index contributed by atoms with van der Waals surface area (Å²) in [5.41, 5.74) is 11.4. The Morgan fingerprint density at radius 1 is 1.05 bits per heavy atom. The first kappa shape index (κ1) is 36.6. The Bertz CT molecular complexity index is 944. The number of halogens is 1. The van der Waals surface area contributed by atoms with Crippen LogP contribution in [0.25, 0.3) is 0 Å². The van der Waals surface area contributed by atoms with Gasteiger partial charge in [-0.25, -0.2) is 4.39 Å². The maximum atomic E-state index is 14.1. The van der Waals surface area contributed by atoms with E-state index in [1.165, 1.54) is 13.8 Å². The van der Waals surface area contributed by atoms with Crippen LogP contribution in [0.2, 0.25) is 0 Å². The SMILES string of the molecule is COCCCOc1cc(C[C@@H](C[C@H](N)[C@@H](O)C[C@H](C(=O)NCC(C)(C(N)=O)C(C)F)C(C)C)C(C)C)ccc1OC. The van der Waals surface area contributed by atoms with Gasteiger partial charge in [-0.3, -0.25) is 9.59 Å². The van der Waals surface area contributed by atoms with E-state index >= 15 is 0 Å². The third-order valence-corrected chi connectivity index (χ3v) is 8.20. The molecule has 0 aromatic heterocycles. The number of hydrogen-bond acceptors (Lipinski definition) is 7. The molecule has 0 saturated carbocycles. The number of benzene rings is 1. The highest BCUT2D eigenvalue weighted by atomic mass is 19.1. The van der Waals surface area contributed by atoms with Crippen molar-refractivity contribution >= 4 is 11.8 Å². The zero-order valence-electron chi connectivity index (χ0n) is 26.2. The molecule has 1 aromatic rings. The number of ether oxygens (including phenoxy) is 3. The Morgan fingerprint density at radius 2 is 1.71 bits per heavy atom. The van der Waals surface area contributed by atoms with Crippen molar-refractivity contribution in [3.05, 3.63) is 23.8 Å². The normalized spacial score (nSPS) is 16.9. The lowest BCUT2D eigenvalue weighted by molar-refractivity contribution is -0.132. The lowest BCUT2D eigenvalue weighted by atomic mass is 9.80. The maximum Gasteiger partial charge on any atom is 0.228 e. The van der Waals surface area contributed by atoms with Crippen molar-refractivity contribution in [2.45, 2.75) is 85.5 Å². The molecule has 2 unspecified atom stereocenters. The number of primary amides is 1. The van der Waals surface area contributed by atoms with Crippen molar-refractivity contribution in [1.82, 2.24) is 5.32 Å². The minimum atomic E-state index is -1.53. The van der Waals surface area contributed by atoms with Gasteiger partial charge in [0.15, 0.2) is 11.5 Å². The number of nitrogens with two attached hydrogens (primary N) is 2. The van der Waals surface area contributed by atoms with E-state index < -0.39 is 35.6 Å². The second kappa shape index (κ2) is 17.5. The molecule has 0 spiro atoms. The van der Waals surface area contributed by atoms with Gasteiger partial charge < -0.3 is 36.1 Å². The van der Waals surface area contributed by atoms with Gasteiger partial charge in [0.25, 0.3) is 0 Å². The predicted octanol–water partition coefficient (Wildman–Crippen LogP) is 3.63. The molecule has 6 N–H and O–H groups in total. The van der Waals surface area contributed by atoms with Gasteiger partial charge in [-0.2, -0.15) is 0 Å². The quantitative estimate of drug-likeness (QED) is 0.172. The zero-order valence-corrected chi connectivity index (χ0v) is 26.2. The smallest absolute Gasteiger partial charge is 0.228 e. The van der Waals surface area contributed by atoms with Crippen LogP contribution >= 0.6 is 0 Å². The number of amides is 2. The number of alkyl halides is 1. The van der Waals surface area contributed by atoms with E-state index in [9.17, 15) is 19.1 Å². The molecule has 0 saturated heterocycles. The monoisotopic (exact) mass is 583 g/mol. The van der Waals surface area contributed by atoms with E-state index in [4.69, 9.17) is 25.7 Å². The van der Waals surface area contributed by atoms with Crippen LogP contribution in [0.3, 0.4) is 0 Å². The topological polar surface area (TPSA) is 146 Å². The van der Waals surface area contributed by atoms with Crippen LogP contribution in [0.4, 0.5) is 4.39 Å². The average molecular weight is 584 g/mol. The van der Waals surface area contributed by atoms with Gasteiger partial charge in [0, 0.05) is 38.6 Å². The summed E-state index contributed by atoms with van der Waals surface area (Å²) in [5.74, 6) is -0.0685. The zero-order chi connectivity index (χ0) is 31.3. The Balaban J connectivity index is 2.90. The second-order valence-electron chi connectivity index (χ2n) is 12.1. The van der Waals surface area contributed by atoms with Crippen LogP contribution in [0.1, 0.15) is 66.4 Å². The van der Waals surface area contributed by atoms with Gasteiger partial charge in [0.1, 0.15) is 6.17 Å². The molecule has 0 fully saturated rings. The van der Waals surface area contributed by atoms with Gasteiger partial charge in [-0.1, -0.05) is 33.8 Å². The molecule has 1 aromatic carbocycles. The molecule has 0 bridgehead atoms. The van der Waals surface area contributed by atoms with E-state index in [1.54, 1.807) is 14.2 Å². The summed E-state index contributed by atoms with van der Waals surface area (Å²) in [4.78, 5) is 24.8. The number of nitrogens with one attached hydrogen (secondary N) is 1. The number of rotatable bonds is 20. The fourth-order valence-corrected chi connectivity index (χ4v) is 4.69. The van der Waals surface area contributed by atoms with Crippen molar-refractivity contribution in [3.8, 4) is 11.5 Å². The van der Waals surface area contributed by atoms with Crippen LogP contribution in [0.5, 0.6) is 11.5 Å². The molecule has 0 aliphatic heterocycles. The Kier molecular flexibility index (Phi) is 15.6. The summed E-state index contributed by atoms with van der Waals surface area (Å²) in [6.45, 7) is 11.5. The maximum absolute atomic E-state index is 14.1. The van der Waals surface area contributed by atoms with Gasteiger partial charge >= 0.3 is 0 Å². The van der Waals surface area contributed by atoms with Crippen LogP contribution < -0.4 is 26.3 Å². The predicted molar refractivity (Wildman–Crippen MR) is 159 cm³/mol. The van der Waals surface area contributed by atoms with Gasteiger partial charge in [-0.05, 0) is 68.6 Å². The minimum absolute atomic E-state index is 0.109. The minimum Gasteiger partial charge on any atom is -0.493 e. The van der Waals surface area contributed by atoms with E-state index in [2.05, 4.69) is 19.2 Å². The lowest BCUT2D eigenvalue weighted by Gasteiger charge is -2.31. The fraction of sp³-hybridized carbons (Fsp3) is 0.742. The first-order valence-corrected chi connectivity index (χ1v) is 14.6. The number of carbonyl (C=O) groups is 2. The molecule has 0 radical (unpaired) electrons. The first-order valence-electron chi connectivity index (χ1n) is 14.6. The number of hydrogen-bond donors (Lipinski definition) is 4. The van der Waals surface area contributed by atoms with E-state index in [0.717, 1.165) is 18.4 Å². The molecule has 2 amide bonds. The Hall–Kier alpha value is -2.43. The molecule has 10 heteroatoms. The third-order valence-electron chi connectivity index (χ3n) is 8.20. The van der Waals surface area contributed by atoms with Crippen molar-refractivity contribution in [3.63, 3.8) is 0 Å². The van der Waals surface area contributed by atoms with E-state index in [1.807, 2.05) is 32.0 Å². The van der Waals surface area contributed by atoms with Crippen molar-refractivity contribution in [2.75, 3.05) is 34.0 Å². The summed E-state index contributed by atoms with van der Waals surface area (Å²) in [7, 11) is 3.26. The van der Waals surface area contributed by atoms with Crippen molar-refractivity contribution in [1.29, 1.82) is 0 Å². The molecule has 0 aliphatic rings. The summed E-state index contributed by atoms with van der Waals surface area (Å²) in [6, 6.07) is 5.34. The van der Waals surface area contributed by atoms with Gasteiger partial charge in [0.2, 0.25) is 11.8 Å².